The number of rotatable bonds is 2. The summed E-state index contributed by atoms with van der Waals surface area (Å²) in [5.74, 6) is 0. The van der Waals surface area contributed by atoms with Gasteiger partial charge in [0.1, 0.15) is 0 Å². The van der Waals surface area contributed by atoms with Crippen LogP contribution in [0.2, 0.25) is 0 Å². The maximum atomic E-state index is 7.49. The Kier molecular flexibility index (Phi) is 2.66. The molecule has 0 bridgehead atoms. The van der Waals surface area contributed by atoms with Gasteiger partial charge in [0, 0.05) is 5.71 Å². The van der Waals surface area contributed by atoms with Crippen molar-refractivity contribution in [1.29, 1.82) is 5.41 Å². The van der Waals surface area contributed by atoms with Crippen molar-refractivity contribution >= 4 is 11.3 Å². The Morgan fingerprint density at radius 3 is 2.31 bits per heavy atom. The minimum Gasteiger partial charge on any atom is -0.305 e. The van der Waals surface area contributed by atoms with Gasteiger partial charge in [0.25, 0.3) is 0 Å². The highest BCUT2D eigenvalue weighted by atomic mass is 14.4. The molecule has 0 aliphatic carbocycles. The first-order valence-electron chi connectivity index (χ1n) is 4.34. The molecule has 0 heterocycles. The number of nitrogens with one attached hydrogen (secondary N) is 1. The monoisotopic (exact) mass is 173 g/mol. The lowest BCUT2D eigenvalue weighted by molar-refractivity contribution is 1.38. The number of allylic oxidation sites excluding steroid dienone is 1. The maximum Gasteiger partial charge on any atom is 0.0355 e. The van der Waals surface area contributed by atoms with Crippen LogP contribution in [0.3, 0.4) is 0 Å². The van der Waals surface area contributed by atoms with Crippen molar-refractivity contribution in [3.8, 4) is 0 Å². The lowest BCUT2D eigenvalue weighted by Crippen LogP contribution is -1.94. The van der Waals surface area contributed by atoms with E-state index < -0.39 is 0 Å². The smallest absolute Gasteiger partial charge is 0.0355 e. The Hall–Kier alpha value is -1.37. The summed E-state index contributed by atoms with van der Waals surface area (Å²) in [6, 6.07) is 6.04. The van der Waals surface area contributed by atoms with Gasteiger partial charge in [-0.1, -0.05) is 24.3 Å². The van der Waals surface area contributed by atoms with Crippen LogP contribution in [0.4, 0.5) is 0 Å². The van der Waals surface area contributed by atoms with Gasteiger partial charge in [0.05, 0.1) is 0 Å². The number of benzene rings is 1. The number of hydrogen-bond donors (Lipinski definition) is 1. The van der Waals surface area contributed by atoms with Crippen LogP contribution in [0.5, 0.6) is 0 Å². The van der Waals surface area contributed by atoms with Crippen molar-refractivity contribution in [2.75, 3.05) is 0 Å². The minimum atomic E-state index is 0.608. The molecule has 0 saturated heterocycles. The lowest BCUT2D eigenvalue weighted by atomic mass is 9.99. The minimum absolute atomic E-state index is 0.608. The van der Waals surface area contributed by atoms with Crippen molar-refractivity contribution in [3.63, 3.8) is 0 Å². The van der Waals surface area contributed by atoms with Crippen LogP contribution in [0.15, 0.2) is 24.8 Å². The molecule has 68 valence electrons. The largest absolute Gasteiger partial charge is 0.305 e. The van der Waals surface area contributed by atoms with E-state index in [1.165, 1.54) is 11.1 Å². The van der Waals surface area contributed by atoms with E-state index >= 15 is 0 Å². The van der Waals surface area contributed by atoms with Crippen molar-refractivity contribution in [1.82, 2.24) is 0 Å². The first kappa shape index (κ1) is 9.72. The van der Waals surface area contributed by atoms with Crippen LogP contribution in [-0.4, -0.2) is 5.71 Å². The van der Waals surface area contributed by atoms with Gasteiger partial charge in [-0.2, -0.15) is 0 Å². The number of hydrogen-bond acceptors (Lipinski definition) is 1. The summed E-state index contributed by atoms with van der Waals surface area (Å²) in [4.78, 5) is 0. The summed E-state index contributed by atoms with van der Waals surface area (Å²) in [6.45, 7) is 9.76. The summed E-state index contributed by atoms with van der Waals surface area (Å²) in [7, 11) is 0. The predicted octanol–water partition coefficient (Wildman–Crippen LogP) is 3.42. The molecule has 0 aromatic heterocycles. The molecular formula is C12H15N. The highest BCUT2D eigenvalue weighted by molar-refractivity contribution is 5.96. The summed E-state index contributed by atoms with van der Waals surface area (Å²) >= 11 is 0. The highest BCUT2D eigenvalue weighted by Crippen LogP contribution is 2.18. The lowest BCUT2D eigenvalue weighted by Gasteiger charge is -2.06. The molecule has 0 amide bonds. The van der Waals surface area contributed by atoms with E-state index in [-0.39, 0.29) is 0 Å². The molecule has 0 fully saturated rings. The third-order valence-corrected chi connectivity index (χ3v) is 2.12. The second-order valence-corrected chi connectivity index (χ2v) is 3.44. The summed E-state index contributed by atoms with van der Waals surface area (Å²) in [6.07, 6.45) is 0. The Labute approximate surface area is 79.6 Å². The van der Waals surface area contributed by atoms with E-state index in [1.54, 1.807) is 6.92 Å². The fourth-order valence-electron chi connectivity index (χ4n) is 1.38. The highest BCUT2D eigenvalue weighted by Gasteiger charge is 2.01. The molecule has 0 aliphatic rings. The molecule has 1 aromatic rings. The zero-order chi connectivity index (χ0) is 10.0. The molecule has 0 unspecified atom stereocenters. The SMILES string of the molecule is C=C(C)c1ccc(C(C)=N)cc1C. The third kappa shape index (κ3) is 2.05. The van der Waals surface area contributed by atoms with E-state index in [1.807, 2.05) is 25.1 Å². The second-order valence-electron chi connectivity index (χ2n) is 3.44. The van der Waals surface area contributed by atoms with E-state index in [9.17, 15) is 0 Å². The molecule has 0 aliphatic heterocycles. The topological polar surface area (TPSA) is 23.9 Å². The zero-order valence-electron chi connectivity index (χ0n) is 8.44. The molecule has 1 aromatic carbocycles. The van der Waals surface area contributed by atoms with Gasteiger partial charge in [-0.25, -0.2) is 0 Å². The summed E-state index contributed by atoms with van der Waals surface area (Å²) in [5.41, 5.74) is 5.05. The number of aryl methyl sites for hydroxylation is 1. The van der Waals surface area contributed by atoms with Crippen molar-refractivity contribution in [3.05, 3.63) is 41.5 Å². The maximum absolute atomic E-state index is 7.49. The molecule has 1 heteroatoms. The molecule has 1 nitrogen and oxygen atoms in total. The predicted molar refractivity (Wildman–Crippen MR) is 58.4 cm³/mol. The van der Waals surface area contributed by atoms with Crippen molar-refractivity contribution < 1.29 is 0 Å². The second kappa shape index (κ2) is 3.56. The molecule has 0 atom stereocenters. The standard InChI is InChI=1S/C12H15N/c1-8(2)12-6-5-11(10(4)13)7-9(12)3/h5-7,13H,1H2,2-4H3. The fourth-order valence-corrected chi connectivity index (χ4v) is 1.38. The van der Waals surface area contributed by atoms with Gasteiger partial charge in [-0.3, -0.25) is 0 Å². The van der Waals surface area contributed by atoms with Crippen LogP contribution < -0.4 is 0 Å². The van der Waals surface area contributed by atoms with E-state index in [0.29, 0.717) is 5.71 Å². The first-order valence-corrected chi connectivity index (χ1v) is 4.34. The molecule has 0 spiro atoms. The Bertz CT molecular complexity index is 361. The van der Waals surface area contributed by atoms with Gasteiger partial charge in [0.15, 0.2) is 0 Å². The summed E-state index contributed by atoms with van der Waals surface area (Å²) < 4.78 is 0. The van der Waals surface area contributed by atoms with Crippen LogP contribution in [0, 0.1) is 12.3 Å². The van der Waals surface area contributed by atoms with Gasteiger partial charge in [0.2, 0.25) is 0 Å². The molecule has 13 heavy (non-hydrogen) atoms. The Morgan fingerprint density at radius 1 is 1.31 bits per heavy atom. The van der Waals surface area contributed by atoms with Crippen LogP contribution in [0.25, 0.3) is 5.57 Å². The normalized spacial score (nSPS) is 9.77. The van der Waals surface area contributed by atoms with Crippen molar-refractivity contribution in [2.24, 2.45) is 0 Å². The zero-order valence-corrected chi connectivity index (χ0v) is 8.44. The summed E-state index contributed by atoms with van der Waals surface area (Å²) in [5, 5.41) is 7.49. The average Bonchev–Trinajstić information content (AvgIpc) is 2.03. The van der Waals surface area contributed by atoms with Gasteiger partial charge in [-0.05, 0) is 43.5 Å². The van der Waals surface area contributed by atoms with Gasteiger partial charge >= 0.3 is 0 Å². The fraction of sp³-hybridized carbons (Fsp3) is 0.250. The molecule has 1 N–H and O–H groups in total. The molecule has 0 radical (unpaired) electrons. The van der Waals surface area contributed by atoms with Crippen LogP contribution in [-0.2, 0) is 0 Å². The molecule has 0 saturated carbocycles. The van der Waals surface area contributed by atoms with E-state index in [4.69, 9.17) is 5.41 Å². The first-order chi connectivity index (χ1) is 6.02. The van der Waals surface area contributed by atoms with Gasteiger partial charge < -0.3 is 5.41 Å². The van der Waals surface area contributed by atoms with E-state index in [2.05, 4.69) is 13.5 Å². The van der Waals surface area contributed by atoms with Crippen molar-refractivity contribution in [2.45, 2.75) is 20.8 Å². The Morgan fingerprint density at radius 2 is 1.92 bits per heavy atom. The Balaban J connectivity index is 3.20. The van der Waals surface area contributed by atoms with Crippen LogP contribution in [0.1, 0.15) is 30.5 Å². The molecule has 1 rings (SSSR count). The molecular weight excluding hydrogens is 158 g/mol. The van der Waals surface area contributed by atoms with E-state index in [0.717, 1.165) is 11.1 Å². The third-order valence-electron chi connectivity index (χ3n) is 2.12. The van der Waals surface area contributed by atoms with Gasteiger partial charge in [-0.15, -0.1) is 0 Å². The average molecular weight is 173 g/mol. The van der Waals surface area contributed by atoms with Crippen LogP contribution >= 0.6 is 0 Å². The quantitative estimate of drug-likeness (QED) is 0.663.